The van der Waals surface area contributed by atoms with Crippen LogP contribution < -0.4 is 9.64 Å². The summed E-state index contributed by atoms with van der Waals surface area (Å²) in [5.41, 5.74) is 3.62. The Morgan fingerprint density at radius 1 is 0.889 bits per heavy atom. The maximum absolute atomic E-state index is 13.0. The second-order valence-electron chi connectivity index (χ2n) is 8.65. The Hall–Kier alpha value is -3.57. The molecule has 36 heavy (non-hydrogen) atoms. The van der Waals surface area contributed by atoms with Crippen LogP contribution >= 0.6 is 11.3 Å². The fourth-order valence-corrected chi connectivity index (χ4v) is 5.23. The number of alkyl halides is 3. The maximum Gasteiger partial charge on any atom is 0.449 e. The number of imidazole rings is 2. The van der Waals surface area contributed by atoms with Crippen molar-refractivity contribution in [3.05, 3.63) is 59.7 Å². The first kappa shape index (κ1) is 22.9. The van der Waals surface area contributed by atoms with E-state index in [1.165, 1.54) is 0 Å². The Bertz CT molecular complexity index is 1490. The minimum atomic E-state index is -4.53. The first-order valence-electron chi connectivity index (χ1n) is 11.6. The number of H-pyrrole nitrogens is 2. The fourth-order valence-electron chi connectivity index (χ4n) is 4.56. The van der Waals surface area contributed by atoms with Crippen molar-refractivity contribution in [2.45, 2.75) is 6.18 Å². The number of ether oxygens (including phenoxy) is 1. The Morgan fingerprint density at radius 3 is 2.42 bits per heavy atom. The van der Waals surface area contributed by atoms with E-state index < -0.39 is 12.0 Å². The lowest BCUT2D eigenvalue weighted by Gasteiger charge is -2.36. The predicted octanol–water partition coefficient (Wildman–Crippen LogP) is 5.39. The standard InChI is InChI=1S/C25H23F3N6OS/c26-25(27,28)24-30-17-5-2-7-19(22(17)32-24)35-14-13-33-9-11-34(12-10-33)18-6-1-4-16-21(18)31-23(29-16)20-8-3-15-36-20/h1-8,15H,9-14H2,(H,29,31)(H,30,32). The van der Waals surface area contributed by atoms with E-state index in [2.05, 4.69) is 36.9 Å². The highest BCUT2D eigenvalue weighted by Crippen LogP contribution is 2.32. The van der Waals surface area contributed by atoms with Gasteiger partial charge in [0.15, 0.2) is 0 Å². The van der Waals surface area contributed by atoms with Crippen molar-refractivity contribution in [2.24, 2.45) is 0 Å². The molecule has 6 rings (SSSR count). The highest BCUT2D eigenvalue weighted by molar-refractivity contribution is 7.13. The van der Waals surface area contributed by atoms with Crippen LogP contribution in [0.5, 0.6) is 5.75 Å². The van der Waals surface area contributed by atoms with Crippen molar-refractivity contribution in [2.75, 3.05) is 44.2 Å². The minimum Gasteiger partial charge on any atom is -0.490 e. The van der Waals surface area contributed by atoms with Crippen molar-refractivity contribution >= 4 is 39.1 Å². The van der Waals surface area contributed by atoms with Crippen LogP contribution in [0.1, 0.15) is 5.82 Å². The van der Waals surface area contributed by atoms with Gasteiger partial charge in [0, 0.05) is 32.7 Å². The van der Waals surface area contributed by atoms with Gasteiger partial charge in [-0.25, -0.2) is 9.97 Å². The van der Waals surface area contributed by atoms with Crippen LogP contribution in [-0.2, 0) is 6.18 Å². The number of benzene rings is 2. The molecule has 2 N–H and O–H groups in total. The number of fused-ring (bicyclic) bond motifs is 2. The molecule has 0 unspecified atom stereocenters. The smallest absolute Gasteiger partial charge is 0.449 e. The van der Waals surface area contributed by atoms with E-state index in [9.17, 15) is 13.2 Å². The molecule has 1 saturated heterocycles. The number of hydrogen-bond acceptors (Lipinski definition) is 6. The molecule has 0 spiro atoms. The zero-order chi connectivity index (χ0) is 24.7. The number of nitrogens with one attached hydrogen (secondary N) is 2. The van der Waals surface area contributed by atoms with E-state index in [1.807, 2.05) is 23.6 Å². The average molecular weight is 513 g/mol. The van der Waals surface area contributed by atoms with E-state index in [0.717, 1.165) is 53.6 Å². The Kier molecular flexibility index (Phi) is 5.81. The molecule has 4 heterocycles. The van der Waals surface area contributed by atoms with Gasteiger partial charge in [-0.3, -0.25) is 4.90 Å². The lowest BCUT2D eigenvalue weighted by molar-refractivity contribution is -0.144. The SMILES string of the molecule is FC(F)(F)c1nc2c(OCCN3CCN(c4cccc5[nH]c(-c6cccs6)nc45)CC3)cccc2[nH]1. The summed E-state index contributed by atoms with van der Waals surface area (Å²) in [5.74, 6) is 0.223. The lowest BCUT2D eigenvalue weighted by Crippen LogP contribution is -2.47. The van der Waals surface area contributed by atoms with Crippen LogP contribution in [0.15, 0.2) is 53.9 Å². The van der Waals surface area contributed by atoms with Crippen molar-refractivity contribution in [1.82, 2.24) is 24.8 Å². The van der Waals surface area contributed by atoms with Crippen LogP contribution in [0.2, 0.25) is 0 Å². The molecule has 0 radical (unpaired) electrons. The largest absolute Gasteiger partial charge is 0.490 e. The molecular formula is C25H23F3N6OS. The molecular weight excluding hydrogens is 489 g/mol. The quantitative estimate of drug-likeness (QED) is 0.319. The first-order chi connectivity index (χ1) is 17.5. The van der Waals surface area contributed by atoms with Crippen LogP contribution in [0.25, 0.3) is 32.8 Å². The van der Waals surface area contributed by atoms with E-state index in [0.29, 0.717) is 24.4 Å². The molecule has 1 aliphatic heterocycles. The number of nitrogens with zero attached hydrogens (tertiary/aromatic N) is 4. The predicted molar refractivity (Wildman–Crippen MR) is 135 cm³/mol. The number of aromatic amines is 2. The molecule has 0 saturated carbocycles. The molecule has 0 atom stereocenters. The Labute approximate surface area is 208 Å². The summed E-state index contributed by atoms with van der Waals surface area (Å²) in [6.07, 6.45) is -4.53. The van der Waals surface area contributed by atoms with E-state index in [1.54, 1.807) is 29.5 Å². The van der Waals surface area contributed by atoms with E-state index in [-0.39, 0.29) is 5.52 Å². The number of halogens is 3. The molecule has 7 nitrogen and oxygen atoms in total. The van der Waals surface area contributed by atoms with Gasteiger partial charge in [0.2, 0.25) is 5.82 Å². The zero-order valence-electron chi connectivity index (χ0n) is 19.2. The van der Waals surface area contributed by atoms with E-state index in [4.69, 9.17) is 9.72 Å². The average Bonchev–Trinajstić information content (AvgIpc) is 3.63. The summed E-state index contributed by atoms with van der Waals surface area (Å²) >= 11 is 1.66. The molecule has 0 aliphatic carbocycles. The molecule has 0 amide bonds. The van der Waals surface area contributed by atoms with E-state index >= 15 is 0 Å². The van der Waals surface area contributed by atoms with Crippen molar-refractivity contribution in [1.29, 1.82) is 0 Å². The Balaban J connectivity index is 1.08. The number of piperazine rings is 1. The topological polar surface area (TPSA) is 73.1 Å². The van der Waals surface area contributed by atoms with Crippen LogP contribution in [-0.4, -0.2) is 64.2 Å². The molecule has 186 valence electrons. The normalized spacial score (nSPS) is 15.2. The number of anilines is 1. The third-order valence-electron chi connectivity index (χ3n) is 6.37. The minimum absolute atomic E-state index is 0.198. The van der Waals surface area contributed by atoms with Crippen LogP contribution in [0, 0.1) is 0 Å². The third-order valence-corrected chi connectivity index (χ3v) is 7.24. The van der Waals surface area contributed by atoms with Gasteiger partial charge in [-0.15, -0.1) is 11.3 Å². The summed E-state index contributed by atoms with van der Waals surface area (Å²) in [5, 5.41) is 2.04. The van der Waals surface area contributed by atoms with Gasteiger partial charge in [-0.05, 0) is 35.7 Å². The number of aromatic nitrogens is 4. The molecule has 2 aromatic carbocycles. The molecule has 1 aliphatic rings. The number of hydrogen-bond donors (Lipinski definition) is 2. The van der Waals surface area contributed by atoms with Crippen LogP contribution in [0.3, 0.4) is 0 Å². The van der Waals surface area contributed by atoms with Crippen molar-refractivity contribution < 1.29 is 17.9 Å². The highest BCUT2D eigenvalue weighted by Gasteiger charge is 2.35. The number of thiophene rings is 1. The first-order valence-corrected chi connectivity index (χ1v) is 12.5. The van der Waals surface area contributed by atoms with Gasteiger partial charge < -0.3 is 19.6 Å². The second kappa shape index (κ2) is 9.14. The van der Waals surface area contributed by atoms with Crippen molar-refractivity contribution in [3.8, 4) is 16.5 Å². The maximum atomic E-state index is 13.0. The summed E-state index contributed by atoms with van der Waals surface area (Å²) in [7, 11) is 0. The summed E-state index contributed by atoms with van der Waals surface area (Å²) < 4.78 is 44.9. The van der Waals surface area contributed by atoms with Gasteiger partial charge in [-0.1, -0.05) is 18.2 Å². The lowest BCUT2D eigenvalue weighted by atomic mass is 10.2. The zero-order valence-corrected chi connectivity index (χ0v) is 20.0. The van der Waals surface area contributed by atoms with Gasteiger partial charge in [0.05, 0.1) is 21.6 Å². The van der Waals surface area contributed by atoms with Gasteiger partial charge >= 0.3 is 6.18 Å². The Morgan fingerprint density at radius 2 is 1.67 bits per heavy atom. The van der Waals surface area contributed by atoms with Crippen molar-refractivity contribution in [3.63, 3.8) is 0 Å². The fraction of sp³-hybridized carbons (Fsp3) is 0.280. The number of rotatable bonds is 6. The number of para-hydroxylation sites is 2. The molecule has 3 aromatic heterocycles. The van der Waals surface area contributed by atoms with Gasteiger partial charge in [-0.2, -0.15) is 13.2 Å². The van der Waals surface area contributed by atoms with Gasteiger partial charge in [0.25, 0.3) is 0 Å². The van der Waals surface area contributed by atoms with Crippen LogP contribution in [0.4, 0.5) is 18.9 Å². The second-order valence-corrected chi connectivity index (χ2v) is 9.60. The monoisotopic (exact) mass is 512 g/mol. The molecule has 1 fully saturated rings. The summed E-state index contributed by atoms with van der Waals surface area (Å²) in [6.45, 7) is 4.45. The van der Waals surface area contributed by atoms with Gasteiger partial charge in [0.1, 0.15) is 29.2 Å². The summed E-state index contributed by atoms with van der Waals surface area (Å²) in [6, 6.07) is 15.2. The molecule has 0 bridgehead atoms. The highest BCUT2D eigenvalue weighted by atomic mass is 32.1. The summed E-state index contributed by atoms with van der Waals surface area (Å²) in [4.78, 5) is 20.1. The molecule has 11 heteroatoms. The molecule has 5 aromatic rings. The third kappa shape index (κ3) is 4.40.